The van der Waals surface area contributed by atoms with Gasteiger partial charge in [-0.1, -0.05) is 25.0 Å². The van der Waals surface area contributed by atoms with Gasteiger partial charge in [0.05, 0.1) is 13.5 Å². The van der Waals surface area contributed by atoms with Crippen LogP contribution < -0.4 is 5.32 Å². The first-order valence-electron chi connectivity index (χ1n) is 10.5. The van der Waals surface area contributed by atoms with Gasteiger partial charge in [0.25, 0.3) is 5.91 Å². The van der Waals surface area contributed by atoms with Crippen molar-refractivity contribution in [2.24, 2.45) is 5.92 Å². The molecule has 4 rings (SSSR count). The lowest BCUT2D eigenvalue weighted by molar-refractivity contribution is -0.152. The Morgan fingerprint density at radius 3 is 2.55 bits per heavy atom. The Balaban J connectivity index is 1.42. The zero-order valence-electron chi connectivity index (χ0n) is 17.3. The third-order valence-electron chi connectivity index (χ3n) is 6.21. The van der Waals surface area contributed by atoms with E-state index in [1.54, 1.807) is 29.2 Å². The summed E-state index contributed by atoms with van der Waals surface area (Å²) >= 11 is 3.17. The average Bonchev–Trinajstić information content (AvgIpc) is 3.38. The van der Waals surface area contributed by atoms with Gasteiger partial charge >= 0.3 is 5.97 Å². The topological polar surface area (TPSA) is 88.9 Å². The van der Waals surface area contributed by atoms with Crippen molar-refractivity contribution in [2.45, 2.75) is 50.6 Å². The Labute approximate surface area is 189 Å². The number of ether oxygens (including phenoxy) is 1. The molecule has 1 saturated heterocycles. The van der Waals surface area contributed by atoms with E-state index in [0.29, 0.717) is 22.7 Å². The highest BCUT2D eigenvalue weighted by Gasteiger charge is 2.47. The lowest BCUT2D eigenvalue weighted by Gasteiger charge is -2.33. The third kappa shape index (κ3) is 4.69. The van der Waals surface area contributed by atoms with Crippen molar-refractivity contribution in [2.75, 3.05) is 12.4 Å². The Bertz CT molecular complexity index is 971. The number of nitrogens with zero attached hydrogens (tertiary/aromatic N) is 1. The van der Waals surface area contributed by atoms with Crippen LogP contribution >= 0.6 is 15.9 Å². The maximum absolute atomic E-state index is 13.2. The van der Waals surface area contributed by atoms with Crippen molar-refractivity contribution in [3.63, 3.8) is 0 Å². The number of carbonyl (C=O) groups excluding carboxylic acids is 3. The number of fused-ring (bicyclic) bond motifs is 1. The summed E-state index contributed by atoms with van der Waals surface area (Å²) in [6.07, 6.45) is 5.13. The zero-order chi connectivity index (χ0) is 22.0. The molecule has 164 valence electrons. The Morgan fingerprint density at radius 1 is 1.13 bits per heavy atom. The second-order valence-electron chi connectivity index (χ2n) is 8.12. The van der Waals surface area contributed by atoms with E-state index in [0.717, 1.165) is 31.2 Å². The Kier molecular flexibility index (Phi) is 6.46. The predicted molar refractivity (Wildman–Crippen MR) is 118 cm³/mol. The van der Waals surface area contributed by atoms with Crippen molar-refractivity contribution in [3.8, 4) is 0 Å². The second kappa shape index (κ2) is 9.26. The quantitative estimate of drug-likeness (QED) is 0.637. The number of rotatable bonds is 5. The molecule has 0 radical (unpaired) electrons. The van der Waals surface area contributed by atoms with E-state index in [-0.39, 0.29) is 36.0 Å². The lowest BCUT2D eigenvalue weighted by Crippen LogP contribution is -2.47. The Hall–Kier alpha value is -2.61. The van der Waals surface area contributed by atoms with Gasteiger partial charge in [0, 0.05) is 11.7 Å². The molecule has 2 aromatic rings. The number of likely N-dealkylation sites (tertiary alicyclic amines) is 1. The van der Waals surface area contributed by atoms with Gasteiger partial charge in [-0.15, -0.1) is 0 Å². The molecule has 8 heteroatoms. The molecule has 0 bridgehead atoms. The number of benzene rings is 1. The molecule has 2 fully saturated rings. The molecule has 3 atom stereocenters. The van der Waals surface area contributed by atoms with Crippen LogP contribution in [0.5, 0.6) is 0 Å². The molecule has 2 amide bonds. The van der Waals surface area contributed by atoms with Crippen molar-refractivity contribution < 1.29 is 23.5 Å². The third-order valence-corrected chi connectivity index (χ3v) is 6.64. The van der Waals surface area contributed by atoms with Crippen molar-refractivity contribution in [1.82, 2.24) is 4.90 Å². The normalized spacial score (nSPS) is 22.6. The minimum atomic E-state index is -0.489. The van der Waals surface area contributed by atoms with Crippen LogP contribution in [0, 0.1) is 5.92 Å². The summed E-state index contributed by atoms with van der Waals surface area (Å²) in [6.45, 7) is 0. The minimum Gasteiger partial charge on any atom is -0.467 e. The number of esters is 1. The molecular weight excluding hydrogens is 464 g/mol. The number of anilines is 1. The van der Waals surface area contributed by atoms with Crippen LogP contribution in [-0.4, -0.2) is 41.9 Å². The maximum atomic E-state index is 13.2. The van der Waals surface area contributed by atoms with Gasteiger partial charge in [0.15, 0.2) is 10.4 Å². The number of halogens is 1. The second-order valence-corrected chi connectivity index (χ2v) is 8.90. The standard InChI is InChI=1S/C23H25BrN2O5/c1-30-23(29)18-13-15-4-2-3-5-17(15)26(18)21(27)12-14-6-8-16(9-7-14)25-22(28)19-10-11-20(24)31-19/h6-11,15,17-18H,2-5,12-13H2,1H3,(H,25,28). The summed E-state index contributed by atoms with van der Waals surface area (Å²) in [5.74, 6) is -0.152. The maximum Gasteiger partial charge on any atom is 0.328 e. The lowest BCUT2D eigenvalue weighted by atomic mass is 9.84. The monoisotopic (exact) mass is 488 g/mol. The molecule has 2 heterocycles. The minimum absolute atomic E-state index is 0.0537. The first kappa shape index (κ1) is 21.6. The van der Waals surface area contributed by atoms with Crippen LogP contribution in [0.2, 0.25) is 0 Å². The van der Waals surface area contributed by atoms with Gasteiger partial charge in [0.1, 0.15) is 6.04 Å². The van der Waals surface area contributed by atoms with Gasteiger partial charge in [-0.25, -0.2) is 4.79 Å². The highest BCUT2D eigenvalue weighted by molar-refractivity contribution is 9.10. The van der Waals surface area contributed by atoms with Crippen LogP contribution in [0.1, 0.15) is 48.2 Å². The largest absolute Gasteiger partial charge is 0.467 e. The molecule has 1 aliphatic heterocycles. The summed E-state index contributed by atoms with van der Waals surface area (Å²) in [4.78, 5) is 39.5. The molecule has 0 spiro atoms. The van der Waals surface area contributed by atoms with Crippen LogP contribution in [0.25, 0.3) is 0 Å². The molecule has 1 N–H and O–H groups in total. The number of furan rings is 1. The van der Waals surface area contributed by atoms with Gasteiger partial charge < -0.3 is 19.4 Å². The van der Waals surface area contributed by atoms with Crippen LogP contribution in [-0.2, 0) is 20.7 Å². The fourth-order valence-corrected chi connectivity index (χ4v) is 5.07. The number of carbonyl (C=O) groups is 3. The van der Waals surface area contributed by atoms with Gasteiger partial charge in [0.2, 0.25) is 5.91 Å². The molecule has 1 aromatic carbocycles. The number of hydrogen-bond acceptors (Lipinski definition) is 5. The van der Waals surface area contributed by atoms with E-state index < -0.39 is 6.04 Å². The molecule has 1 aliphatic carbocycles. The van der Waals surface area contributed by atoms with E-state index >= 15 is 0 Å². The fourth-order valence-electron chi connectivity index (χ4n) is 4.77. The number of amides is 2. The van der Waals surface area contributed by atoms with E-state index in [9.17, 15) is 14.4 Å². The van der Waals surface area contributed by atoms with E-state index in [1.807, 2.05) is 12.1 Å². The molecule has 7 nitrogen and oxygen atoms in total. The van der Waals surface area contributed by atoms with Gasteiger partial charge in [-0.3, -0.25) is 9.59 Å². The molecule has 2 aliphatic rings. The van der Waals surface area contributed by atoms with Crippen LogP contribution in [0.15, 0.2) is 45.5 Å². The predicted octanol–water partition coefficient (Wildman–Crippen LogP) is 4.17. The highest BCUT2D eigenvalue weighted by Crippen LogP contribution is 2.40. The highest BCUT2D eigenvalue weighted by atomic mass is 79.9. The van der Waals surface area contributed by atoms with Crippen molar-refractivity contribution in [3.05, 3.63) is 52.4 Å². The van der Waals surface area contributed by atoms with Gasteiger partial charge in [-0.05, 0) is 70.9 Å². The zero-order valence-corrected chi connectivity index (χ0v) is 18.9. The summed E-state index contributed by atoms with van der Waals surface area (Å²) in [7, 11) is 1.38. The molecule has 1 saturated carbocycles. The summed E-state index contributed by atoms with van der Waals surface area (Å²) in [5, 5.41) is 2.76. The number of hydrogen-bond donors (Lipinski definition) is 1. The number of nitrogens with one attached hydrogen (secondary N) is 1. The van der Waals surface area contributed by atoms with Crippen LogP contribution in [0.3, 0.4) is 0 Å². The van der Waals surface area contributed by atoms with Crippen molar-refractivity contribution in [1.29, 1.82) is 0 Å². The molecule has 1 aromatic heterocycles. The summed E-state index contributed by atoms with van der Waals surface area (Å²) in [5.41, 5.74) is 1.43. The van der Waals surface area contributed by atoms with Crippen molar-refractivity contribution >= 4 is 39.4 Å². The average molecular weight is 489 g/mol. The first-order chi connectivity index (χ1) is 15.0. The summed E-state index contributed by atoms with van der Waals surface area (Å²) < 4.78 is 10.7. The molecule has 3 unspecified atom stereocenters. The van der Waals surface area contributed by atoms with Gasteiger partial charge in [-0.2, -0.15) is 0 Å². The summed E-state index contributed by atoms with van der Waals surface area (Å²) in [6, 6.07) is 10.0. The first-order valence-corrected chi connectivity index (χ1v) is 11.3. The van der Waals surface area contributed by atoms with E-state index in [2.05, 4.69) is 21.2 Å². The van der Waals surface area contributed by atoms with E-state index in [1.165, 1.54) is 7.11 Å². The molecular formula is C23H25BrN2O5. The fraction of sp³-hybridized carbons (Fsp3) is 0.435. The smallest absolute Gasteiger partial charge is 0.328 e. The Morgan fingerprint density at radius 2 is 1.87 bits per heavy atom. The SMILES string of the molecule is COC(=O)C1CC2CCCCC2N1C(=O)Cc1ccc(NC(=O)c2ccc(Br)o2)cc1. The number of methoxy groups -OCH3 is 1. The van der Waals surface area contributed by atoms with E-state index in [4.69, 9.17) is 9.15 Å². The van der Waals surface area contributed by atoms with Crippen LogP contribution in [0.4, 0.5) is 5.69 Å². The molecule has 31 heavy (non-hydrogen) atoms.